The Morgan fingerprint density at radius 3 is 2.68 bits per heavy atom. The maximum atomic E-state index is 13.3. The third-order valence-corrected chi connectivity index (χ3v) is 2.84. The van der Waals surface area contributed by atoms with E-state index < -0.39 is 6.04 Å². The summed E-state index contributed by atoms with van der Waals surface area (Å²) in [5.41, 5.74) is 4.54. The van der Waals surface area contributed by atoms with Gasteiger partial charge >= 0.3 is 0 Å². The van der Waals surface area contributed by atoms with Gasteiger partial charge in [-0.25, -0.2) is 14.8 Å². The molecule has 5 nitrogen and oxygen atoms in total. The highest BCUT2D eigenvalue weighted by molar-refractivity contribution is 5.35. The lowest BCUT2D eigenvalue weighted by molar-refractivity contribution is 0.383. The summed E-state index contributed by atoms with van der Waals surface area (Å²) < 4.78 is 18.5. The van der Waals surface area contributed by atoms with Crippen molar-refractivity contribution in [2.75, 3.05) is 7.11 Å². The largest absolute Gasteiger partial charge is 0.480 e. The summed E-state index contributed by atoms with van der Waals surface area (Å²) in [6, 6.07) is 4.36. The minimum atomic E-state index is -0.414. The van der Waals surface area contributed by atoms with E-state index in [4.69, 9.17) is 10.6 Å². The van der Waals surface area contributed by atoms with E-state index in [-0.39, 0.29) is 5.82 Å². The number of rotatable bonds is 4. The summed E-state index contributed by atoms with van der Waals surface area (Å²) in [5.74, 6) is 5.70. The molecule has 1 atom stereocenters. The molecule has 100 valence electrons. The fraction of sp³-hybridized carbons (Fsp3) is 0.231. The molecule has 0 amide bonds. The van der Waals surface area contributed by atoms with Gasteiger partial charge in [-0.3, -0.25) is 10.8 Å². The number of nitrogens with one attached hydrogen (secondary N) is 1. The third kappa shape index (κ3) is 2.69. The van der Waals surface area contributed by atoms with Gasteiger partial charge in [0.15, 0.2) is 0 Å². The first-order valence-electron chi connectivity index (χ1n) is 5.74. The van der Waals surface area contributed by atoms with Gasteiger partial charge in [-0.15, -0.1) is 0 Å². The highest BCUT2D eigenvalue weighted by atomic mass is 19.1. The van der Waals surface area contributed by atoms with Gasteiger partial charge in [-0.2, -0.15) is 0 Å². The molecule has 1 heterocycles. The van der Waals surface area contributed by atoms with Crippen molar-refractivity contribution >= 4 is 0 Å². The van der Waals surface area contributed by atoms with Crippen molar-refractivity contribution in [3.05, 3.63) is 53.2 Å². The van der Waals surface area contributed by atoms with Gasteiger partial charge in [-0.1, -0.05) is 12.1 Å². The van der Waals surface area contributed by atoms with Crippen LogP contribution in [0.5, 0.6) is 5.88 Å². The number of aryl methyl sites for hydroxylation is 1. The number of benzene rings is 1. The van der Waals surface area contributed by atoms with E-state index >= 15 is 0 Å². The molecule has 2 aromatic rings. The maximum Gasteiger partial charge on any atom is 0.237 e. The standard InChI is InChI=1S/C13H15FN4O/c1-8-7-9(3-4-10(8)14)11(18-15)12-13(19-2)17-6-5-16-12/h3-7,11,18H,15H2,1-2H3. The molecular weight excluding hydrogens is 247 g/mol. The molecule has 1 aromatic carbocycles. The second kappa shape index (κ2) is 5.73. The Kier molecular flexibility index (Phi) is 4.03. The molecule has 1 aromatic heterocycles. The van der Waals surface area contributed by atoms with Crippen LogP contribution in [0.25, 0.3) is 0 Å². The normalized spacial score (nSPS) is 12.2. The highest BCUT2D eigenvalue weighted by Crippen LogP contribution is 2.26. The van der Waals surface area contributed by atoms with Gasteiger partial charge in [0.2, 0.25) is 5.88 Å². The average molecular weight is 262 g/mol. The number of halogens is 1. The quantitative estimate of drug-likeness (QED) is 0.645. The number of aromatic nitrogens is 2. The Bertz CT molecular complexity index is 576. The van der Waals surface area contributed by atoms with Crippen LogP contribution in [-0.4, -0.2) is 17.1 Å². The number of hydrazine groups is 1. The van der Waals surface area contributed by atoms with Gasteiger partial charge in [-0.05, 0) is 24.1 Å². The molecule has 3 N–H and O–H groups in total. The number of methoxy groups -OCH3 is 1. The maximum absolute atomic E-state index is 13.3. The van der Waals surface area contributed by atoms with Gasteiger partial charge < -0.3 is 4.74 Å². The number of nitrogens with two attached hydrogens (primary N) is 1. The van der Waals surface area contributed by atoms with Crippen LogP contribution < -0.4 is 16.0 Å². The van der Waals surface area contributed by atoms with Crippen molar-refractivity contribution in [2.45, 2.75) is 13.0 Å². The van der Waals surface area contributed by atoms with Crippen LogP contribution in [0.4, 0.5) is 4.39 Å². The summed E-state index contributed by atoms with van der Waals surface area (Å²) >= 11 is 0. The van der Waals surface area contributed by atoms with Crippen molar-refractivity contribution < 1.29 is 9.13 Å². The summed E-state index contributed by atoms with van der Waals surface area (Å²) in [4.78, 5) is 8.30. The molecule has 0 aliphatic carbocycles. The molecule has 0 saturated heterocycles. The van der Waals surface area contributed by atoms with E-state index in [2.05, 4.69) is 15.4 Å². The molecule has 2 rings (SSSR count). The third-order valence-electron chi connectivity index (χ3n) is 2.84. The molecule has 19 heavy (non-hydrogen) atoms. The number of ether oxygens (including phenoxy) is 1. The first kappa shape index (κ1) is 13.4. The Balaban J connectivity index is 2.46. The fourth-order valence-corrected chi connectivity index (χ4v) is 1.87. The Labute approximate surface area is 110 Å². The zero-order valence-corrected chi connectivity index (χ0v) is 10.7. The number of hydrogen-bond donors (Lipinski definition) is 2. The van der Waals surface area contributed by atoms with Crippen LogP contribution in [0.3, 0.4) is 0 Å². The van der Waals surface area contributed by atoms with Gasteiger partial charge in [0.05, 0.1) is 13.2 Å². The number of nitrogens with zero attached hydrogens (tertiary/aromatic N) is 2. The van der Waals surface area contributed by atoms with Gasteiger partial charge in [0, 0.05) is 12.4 Å². The van der Waals surface area contributed by atoms with Crippen LogP contribution in [0.1, 0.15) is 22.9 Å². The Morgan fingerprint density at radius 2 is 2.05 bits per heavy atom. The predicted molar refractivity (Wildman–Crippen MR) is 68.9 cm³/mol. The van der Waals surface area contributed by atoms with Gasteiger partial charge in [0.1, 0.15) is 11.5 Å². The monoisotopic (exact) mass is 262 g/mol. The zero-order chi connectivity index (χ0) is 13.8. The van der Waals surface area contributed by atoms with Crippen LogP contribution >= 0.6 is 0 Å². The van der Waals surface area contributed by atoms with E-state index in [1.807, 2.05) is 0 Å². The lowest BCUT2D eigenvalue weighted by Gasteiger charge is -2.18. The minimum absolute atomic E-state index is 0.259. The van der Waals surface area contributed by atoms with E-state index in [0.29, 0.717) is 17.1 Å². The van der Waals surface area contributed by atoms with Crippen LogP contribution in [0, 0.1) is 12.7 Å². The molecule has 0 aliphatic rings. The van der Waals surface area contributed by atoms with E-state index in [1.54, 1.807) is 25.3 Å². The second-order valence-corrected chi connectivity index (χ2v) is 4.06. The molecule has 1 unspecified atom stereocenters. The lowest BCUT2D eigenvalue weighted by Crippen LogP contribution is -2.30. The molecule has 0 spiro atoms. The molecule has 0 aliphatic heterocycles. The van der Waals surface area contributed by atoms with Crippen molar-refractivity contribution in [2.24, 2.45) is 5.84 Å². The van der Waals surface area contributed by atoms with Crippen molar-refractivity contribution in [1.82, 2.24) is 15.4 Å². The lowest BCUT2D eigenvalue weighted by atomic mass is 10.0. The Hall–Kier alpha value is -2.05. The van der Waals surface area contributed by atoms with Crippen molar-refractivity contribution in [3.8, 4) is 5.88 Å². The molecule has 0 radical (unpaired) electrons. The number of hydrogen-bond acceptors (Lipinski definition) is 5. The van der Waals surface area contributed by atoms with Crippen molar-refractivity contribution in [3.63, 3.8) is 0 Å². The van der Waals surface area contributed by atoms with E-state index in [9.17, 15) is 4.39 Å². The highest BCUT2D eigenvalue weighted by Gasteiger charge is 2.19. The summed E-state index contributed by atoms with van der Waals surface area (Å²) in [5, 5.41) is 0. The molecule has 6 heteroatoms. The van der Waals surface area contributed by atoms with E-state index in [1.165, 1.54) is 19.4 Å². The zero-order valence-electron chi connectivity index (χ0n) is 10.7. The van der Waals surface area contributed by atoms with Crippen LogP contribution in [0.2, 0.25) is 0 Å². The SMILES string of the molecule is COc1nccnc1C(NN)c1ccc(F)c(C)c1. The van der Waals surface area contributed by atoms with Crippen LogP contribution in [-0.2, 0) is 0 Å². The second-order valence-electron chi connectivity index (χ2n) is 4.06. The molecule has 0 fully saturated rings. The summed E-state index contributed by atoms with van der Waals surface area (Å²) in [6.45, 7) is 1.69. The summed E-state index contributed by atoms with van der Waals surface area (Å²) in [6.07, 6.45) is 3.09. The molecule has 0 bridgehead atoms. The van der Waals surface area contributed by atoms with Crippen LogP contribution in [0.15, 0.2) is 30.6 Å². The van der Waals surface area contributed by atoms with Crippen molar-refractivity contribution in [1.29, 1.82) is 0 Å². The first-order chi connectivity index (χ1) is 9.17. The molecular formula is C13H15FN4O. The topological polar surface area (TPSA) is 73.1 Å². The minimum Gasteiger partial charge on any atom is -0.480 e. The Morgan fingerprint density at radius 1 is 1.32 bits per heavy atom. The van der Waals surface area contributed by atoms with E-state index in [0.717, 1.165) is 5.56 Å². The smallest absolute Gasteiger partial charge is 0.237 e. The first-order valence-corrected chi connectivity index (χ1v) is 5.74. The average Bonchev–Trinajstić information content (AvgIpc) is 2.44. The predicted octanol–water partition coefficient (Wildman–Crippen LogP) is 1.49. The fourth-order valence-electron chi connectivity index (χ4n) is 1.87. The molecule has 0 saturated carbocycles. The summed E-state index contributed by atoms with van der Waals surface area (Å²) in [7, 11) is 1.51. The van der Waals surface area contributed by atoms with Gasteiger partial charge in [0.25, 0.3) is 0 Å².